The van der Waals surface area contributed by atoms with E-state index in [1.807, 2.05) is 24.3 Å². The summed E-state index contributed by atoms with van der Waals surface area (Å²) in [5.41, 5.74) is 1.20. The molecule has 2 amide bonds. The second-order valence-corrected chi connectivity index (χ2v) is 7.04. The minimum Gasteiger partial charge on any atom is -0.497 e. The van der Waals surface area contributed by atoms with Crippen LogP contribution in [-0.4, -0.2) is 26.0 Å². The summed E-state index contributed by atoms with van der Waals surface area (Å²) >= 11 is 1.36. The third kappa shape index (κ3) is 4.89. The molecule has 7 heteroatoms. The Morgan fingerprint density at radius 2 is 1.61 bits per heavy atom. The lowest BCUT2D eigenvalue weighted by molar-refractivity contribution is 0.104. The van der Waals surface area contributed by atoms with Crippen molar-refractivity contribution in [2.24, 2.45) is 0 Å². The van der Waals surface area contributed by atoms with Gasteiger partial charge in [0.2, 0.25) is 5.78 Å². The van der Waals surface area contributed by atoms with E-state index < -0.39 is 0 Å². The zero-order chi connectivity index (χ0) is 19.9. The minimum atomic E-state index is -0.361. The number of carbonyl (C=O) groups is 2. The van der Waals surface area contributed by atoms with E-state index in [1.54, 1.807) is 50.6 Å². The first-order valence-electron chi connectivity index (χ1n) is 8.55. The van der Waals surface area contributed by atoms with E-state index in [4.69, 9.17) is 9.47 Å². The largest absolute Gasteiger partial charge is 0.497 e. The van der Waals surface area contributed by atoms with Crippen LogP contribution in [0.5, 0.6) is 11.5 Å². The van der Waals surface area contributed by atoms with E-state index in [1.165, 1.54) is 11.3 Å². The molecule has 0 bridgehead atoms. The quantitative estimate of drug-likeness (QED) is 0.583. The van der Waals surface area contributed by atoms with Crippen molar-refractivity contribution < 1.29 is 19.1 Å². The SMILES string of the molecule is COc1cc(NC(=O)NCc2ccc(C(=O)c3ccccc3)s2)cc(OC)c1. The van der Waals surface area contributed by atoms with Crippen LogP contribution < -0.4 is 20.1 Å². The lowest BCUT2D eigenvalue weighted by Gasteiger charge is -2.10. The Hall–Kier alpha value is -3.32. The summed E-state index contributed by atoms with van der Waals surface area (Å²) in [6, 6.07) is 17.5. The van der Waals surface area contributed by atoms with Gasteiger partial charge in [0, 0.05) is 34.3 Å². The number of methoxy groups -OCH3 is 2. The van der Waals surface area contributed by atoms with Gasteiger partial charge < -0.3 is 20.1 Å². The molecule has 28 heavy (non-hydrogen) atoms. The van der Waals surface area contributed by atoms with Crippen molar-refractivity contribution in [3.63, 3.8) is 0 Å². The van der Waals surface area contributed by atoms with Crippen LogP contribution in [0.15, 0.2) is 60.7 Å². The van der Waals surface area contributed by atoms with Crippen molar-refractivity contribution in [2.75, 3.05) is 19.5 Å². The maximum Gasteiger partial charge on any atom is 0.319 e. The second kappa shape index (κ2) is 9.05. The number of carbonyl (C=O) groups excluding carboxylic acids is 2. The molecule has 3 rings (SSSR count). The summed E-state index contributed by atoms with van der Waals surface area (Å²) < 4.78 is 10.4. The average Bonchev–Trinajstić information content (AvgIpc) is 3.21. The molecule has 0 unspecified atom stereocenters. The van der Waals surface area contributed by atoms with Crippen molar-refractivity contribution in [2.45, 2.75) is 6.54 Å². The maximum absolute atomic E-state index is 12.4. The molecule has 2 aromatic carbocycles. The monoisotopic (exact) mass is 396 g/mol. The number of ketones is 1. The fourth-order valence-corrected chi connectivity index (χ4v) is 3.46. The Kier molecular flexibility index (Phi) is 6.29. The zero-order valence-corrected chi connectivity index (χ0v) is 16.3. The van der Waals surface area contributed by atoms with Crippen molar-refractivity contribution in [3.05, 3.63) is 76.0 Å². The predicted octanol–water partition coefficient (Wildman–Crippen LogP) is 4.32. The number of hydrogen-bond acceptors (Lipinski definition) is 5. The number of nitrogens with one attached hydrogen (secondary N) is 2. The number of urea groups is 1. The van der Waals surface area contributed by atoms with E-state index in [0.29, 0.717) is 34.2 Å². The summed E-state index contributed by atoms with van der Waals surface area (Å²) in [5, 5.41) is 5.53. The molecule has 0 radical (unpaired) electrons. The van der Waals surface area contributed by atoms with Crippen molar-refractivity contribution in [3.8, 4) is 11.5 Å². The average molecular weight is 396 g/mol. The van der Waals surface area contributed by atoms with Crippen LogP contribution in [0.4, 0.5) is 10.5 Å². The topological polar surface area (TPSA) is 76.7 Å². The molecular formula is C21H20N2O4S. The molecule has 0 saturated carbocycles. The molecule has 0 saturated heterocycles. The summed E-state index contributed by atoms with van der Waals surface area (Å²) in [6.07, 6.45) is 0. The summed E-state index contributed by atoms with van der Waals surface area (Å²) in [6.45, 7) is 0.319. The van der Waals surface area contributed by atoms with Gasteiger partial charge in [-0.25, -0.2) is 4.79 Å². The van der Waals surface area contributed by atoms with Gasteiger partial charge in [0.05, 0.1) is 25.6 Å². The van der Waals surface area contributed by atoms with Crippen LogP contribution in [0.2, 0.25) is 0 Å². The van der Waals surface area contributed by atoms with Crippen LogP contribution in [0.1, 0.15) is 20.1 Å². The fraction of sp³-hybridized carbons (Fsp3) is 0.143. The molecule has 0 aliphatic rings. The molecule has 1 heterocycles. The molecule has 1 aromatic heterocycles. The first-order valence-corrected chi connectivity index (χ1v) is 9.37. The normalized spacial score (nSPS) is 10.2. The van der Waals surface area contributed by atoms with Gasteiger partial charge in [-0.2, -0.15) is 0 Å². The summed E-state index contributed by atoms with van der Waals surface area (Å²) in [4.78, 5) is 26.2. The molecule has 144 valence electrons. The molecule has 3 aromatic rings. The van der Waals surface area contributed by atoms with Crippen LogP contribution in [0, 0.1) is 0 Å². The van der Waals surface area contributed by atoms with Gasteiger partial charge in [0.1, 0.15) is 11.5 Å². The van der Waals surface area contributed by atoms with Gasteiger partial charge in [-0.05, 0) is 12.1 Å². The van der Waals surface area contributed by atoms with Crippen molar-refractivity contribution in [1.29, 1.82) is 0 Å². The van der Waals surface area contributed by atoms with Gasteiger partial charge in [-0.3, -0.25) is 4.79 Å². The highest BCUT2D eigenvalue weighted by atomic mass is 32.1. The van der Waals surface area contributed by atoms with E-state index >= 15 is 0 Å². The Bertz CT molecular complexity index is 947. The lowest BCUT2D eigenvalue weighted by atomic mass is 10.1. The van der Waals surface area contributed by atoms with Gasteiger partial charge in [0.15, 0.2) is 0 Å². The van der Waals surface area contributed by atoms with Crippen LogP contribution in [-0.2, 0) is 6.54 Å². The molecule has 0 fully saturated rings. The molecule has 0 aliphatic carbocycles. The van der Waals surface area contributed by atoms with Gasteiger partial charge in [-0.15, -0.1) is 11.3 Å². The maximum atomic E-state index is 12.4. The van der Waals surface area contributed by atoms with Crippen LogP contribution >= 0.6 is 11.3 Å². The highest BCUT2D eigenvalue weighted by Gasteiger charge is 2.12. The lowest BCUT2D eigenvalue weighted by Crippen LogP contribution is -2.27. The highest BCUT2D eigenvalue weighted by molar-refractivity contribution is 7.14. The fourth-order valence-electron chi connectivity index (χ4n) is 2.55. The van der Waals surface area contributed by atoms with Crippen LogP contribution in [0.25, 0.3) is 0 Å². The van der Waals surface area contributed by atoms with Crippen molar-refractivity contribution >= 4 is 28.8 Å². The predicted molar refractivity (Wildman–Crippen MR) is 110 cm³/mol. The van der Waals surface area contributed by atoms with Gasteiger partial charge in [0.25, 0.3) is 0 Å². The minimum absolute atomic E-state index is 0.0234. The Labute approximate surface area is 167 Å². The molecule has 0 atom stereocenters. The first-order chi connectivity index (χ1) is 13.6. The number of hydrogen-bond donors (Lipinski definition) is 2. The molecule has 6 nitrogen and oxygen atoms in total. The molecular weight excluding hydrogens is 376 g/mol. The Morgan fingerprint density at radius 3 is 2.25 bits per heavy atom. The highest BCUT2D eigenvalue weighted by Crippen LogP contribution is 2.25. The molecule has 0 spiro atoms. The van der Waals surface area contributed by atoms with E-state index in [2.05, 4.69) is 10.6 Å². The van der Waals surface area contributed by atoms with Gasteiger partial charge in [-0.1, -0.05) is 30.3 Å². The molecule has 0 aliphatic heterocycles. The number of rotatable bonds is 7. The van der Waals surface area contributed by atoms with Crippen molar-refractivity contribution in [1.82, 2.24) is 5.32 Å². The number of thiophene rings is 1. The molecule has 2 N–H and O–H groups in total. The standard InChI is InChI=1S/C21H20N2O4S/c1-26-16-10-15(11-17(12-16)27-2)23-21(25)22-13-18-8-9-19(28-18)20(24)14-6-4-3-5-7-14/h3-12H,13H2,1-2H3,(H2,22,23,25). The zero-order valence-electron chi connectivity index (χ0n) is 15.5. The Balaban J connectivity index is 1.58. The second-order valence-electron chi connectivity index (χ2n) is 5.87. The number of benzene rings is 2. The summed E-state index contributed by atoms with van der Waals surface area (Å²) in [5.74, 6) is 1.14. The van der Waals surface area contributed by atoms with E-state index in [-0.39, 0.29) is 11.8 Å². The van der Waals surface area contributed by atoms with E-state index in [9.17, 15) is 9.59 Å². The number of amides is 2. The smallest absolute Gasteiger partial charge is 0.319 e. The van der Waals surface area contributed by atoms with Crippen LogP contribution in [0.3, 0.4) is 0 Å². The first kappa shape index (κ1) is 19.4. The third-order valence-electron chi connectivity index (χ3n) is 3.95. The Morgan fingerprint density at radius 1 is 0.929 bits per heavy atom. The third-order valence-corrected chi connectivity index (χ3v) is 5.04. The van der Waals surface area contributed by atoms with Gasteiger partial charge >= 0.3 is 6.03 Å². The van der Waals surface area contributed by atoms with E-state index in [0.717, 1.165) is 4.88 Å². The number of anilines is 1. The number of ether oxygens (including phenoxy) is 2. The summed E-state index contributed by atoms with van der Waals surface area (Å²) in [7, 11) is 3.09.